The van der Waals surface area contributed by atoms with Gasteiger partial charge in [-0.3, -0.25) is 4.79 Å². The van der Waals surface area contributed by atoms with E-state index in [2.05, 4.69) is 0 Å². The van der Waals surface area contributed by atoms with Gasteiger partial charge in [-0.2, -0.15) is 4.31 Å². The van der Waals surface area contributed by atoms with E-state index in [-0.39, 0.29) is 35.6 Å². The Morgan fingerprint density at radius 2 is 1.86 bits per heavy atom. The van der Waals surface area contributed by atoms with Gasteiger partial charge in [-0.1, -0.05) is 0 Å². The van der Waals surface area contributed by atoms with E-state index in [9.17, 15) is 13.2 Å². The van der Waals surface area contributed by atoms with Crippen LogP contribution in [0, 0.1) is 5.92 Å². The van der Waals surface area contributed by atoms with Crippen LogP contribution < -0.4 is 15.2 Å². The number of rotatable bonds is 5. The monoisotopic (exact) mass is 328 g/mol. The fraction of sp³-hybridized carbons (Fsp3) is 0.500. The number of piperidine rings is 1. The smallest absolute Gasteiger partial charge is 0.246 e. The third-order valence-electron chi connectivity index (χ3n) is 3.84. The van der Waals surface area contributed by atoms with E-state index in [1.54, 1.807) is 12.1 Å². The van der Waals surface area contributed by atoms with Crippen LogP contribution in [0.5, 0.6) is 11.5 Å². The molecule has 8 heteroatoms. The predicted octanol–water partition coefficient (Wildman–Crippen LogP) is 0.590. The van der Waals surface area contributed by atoms with Crippen molar-refractivity contribution < 1.29 is 22.7 Å². The molecule has 0 atom stereocenters. The van der Waals surface area contributed by atoms with Crippen molar-refractivity contribution in [2.45, 2.75) is 17.7 Å². The number of hydrogen-bond acceptors (Lipinski definition) is 5. The minimum absolute atomic E-state index is 0.0619. The molecule has 122 valence electrons. The summed E-state index contributed by atoms with van der Waals surface area (Å²) in [5.74, 6) is 0.0545. The van der Waals surface area contributed by atoms with Gasteiger partial charge in [0.1, 0.15) is 16.4 Å². The van der Waals surface area contributed by atoms with E-state index in [0.717, 1.165) is 0 Å². The molecular weight excluding hydrogens is 308 g/mol. The summed E-state index contributed by atoms with van der Waals surface area (Å²) in [4.78, 5) is 11.2. The molecule has 7 nitrogen and oxygen atoms in total. The highest BCUT2D eigenvalue weighted by Crippen LogP contribution is 2.32. The minimum atomic E-state index is -3.71. The van der Waals surface area contributed by atoms with Crippen molar-refractivity contribution in [1.82, 2.24) is 4.31 Å². The van der Waals surface area contributed by atoms with Gasteiger partial charge in [0.2, 0.25) is 15.9 Å². The van der Waals surface area contributed by atoms with Crippen LogP contribution in [-0.2, 0) is 14.8 Å². The lowest BCUT2D eigenvalue weighted by atomic mass is 9.98. The molecule has 2 rings (SSSR count). The third kappa shape index (κ3) is 3.17. The van der Waals surface area contributed by atoms with Crippen molar-refractivity contribution in [3.05, 3.63) is 18.2 Å². The fourth-order valence-corrected chi connectivity index (χ4v) is 4.15. The molecule has 1 amide bonds. The van der Waals surface area contributed by atoms with E-state index in [4.69, 9.17) is 15.2 Å². The van der Waals surface area contributed by atoms with Crippen molar-refractivity contribution in [2.24, 2.45) is 11.7 Å². The quantitative estimate of drug-likeness (QED) is 0.853. The molecule has 1 saturated heterocycles. The summed E-state index contributed by atoms with van der Waals surface area (Å²) >= 11 is 0. The van der Waals surface area contributed by atoms with Crippen molar-refractivity contribution in [3.63, 3.8) is 0 Å². The van der Waals surface area contributed by atoms with E-state index >= 15 is 0 Å². The van der Waals surface area contributed by atoms with E-state index < -0.39 is 10.0 Å². The van der Waals surface area contributed by atoms with Gasteiger partial charge in [0.15, 0.2) is 0 Å². The zero-order chi connectivity index (χ0) is 16.3. The number of ether oxygens (including phenoxy) is 2. The van der Waals surface area contributed by atoms with Gasteiger partial charge in [0.25, 0.3) is 0 Å². The molecule has 2 N–H and O–H groups in total. The van der Waals surface area contributed by atoms with Crippen LogP contribution in [0.2, 0.25) is 0 Å². The maximum atomic E-state index is 12.8. The zero-order valence-electron chi connectivity index (χ0n) is 12.6. The molecule has 1 heterocycles. The normalized spacial score (nSPS) is 17.2. The number of primary amides is 1. The molecule has 0 aromatic heterocycles. The van der Waals surface area contributed by atoms with Crippen LogP contribution in [0.25, 0.3) is 0 Å². The highest BCUT2D eigenvalue weighted by Gasteiger charge is 2.33. The number of methoxy groups -OCH3 is 2. The van der Waals surface area contributed by atoms with Crippen LogP contribution in [0.3, 0.4) is 0 Å². The molecule has 1 aromatic rings. The van der Waals surface area contributed by atoms with Crippen molar-refractivity contribution >= 4 is 15.9 Å². The molecule has 1 aliphatic heterocycles. The van der Waals surface area contributed by atoms with Gasteiger partial charge in [-0.15, -0.1) is 0 Å². The second-order valence-corrected chi connectivity index (χ2v) is 7.00. The molecule has 22 heavy (non-hydrogen) atoms. The summed E-state index contributed by atoms with van der Waals surface area (Å²) in [6.45, 7) is 0.520. The molecular formula is C14H20N2O5S. The Kier molecular flexibility index (Phi) is 4.92. The van der Waals surface area contributed by atoms with Gasteiger partial charge < -0.3 is 15.2 Å². The minimum Gasteiger partial charge on any atom is -0.497 e. The predicted molar refractivity (Wildman–Crippen MR) is 80.2 cm³/mol. The number of amides is 1. The van der Waals surface area contributed by atoms with Gasteiger partial charge >= 0.3 is 0 Å². The van der Waals surface area contributed by atoms with Crippen LogP contribution in [0.15, 0.2) is 23.1 Å². The largest absolute Gasteiger partial charge is 0.497 e. The lowest BCUT2D eigenvalue weighted by molar-refractivity contribution is -0.122. The highest BCUT2D eigenvalue weighted by molar-refractivity contribution is 7.89. The average Bonchev–Trinajstić information content (AvgIpc) is 2.54. The lowest BCUT2D eigenvalue weighted by Crippen LogP contribution is -2.41. The van der Waals surface area contributed by atoms with Crippen LogP contribution in [0.1, 0.15) is 12.8 Å². The molecule has 1 aromatic carbocycles. The first-order chi connectivity index (χ1) is 10.4. The topological polar surface area (TPSA) is 98.9 Å². The maximum absolute atomic E-state index is 12.8. The summed E-state index contributed by atoms with van der Waals surface area (Å²) in [5, 5.41) is 0. The second kappa shape index (κ2) is 6.53. The third-order valence-corrected chi connectivity index (χ3v) is 5.76. The molecule has 0 spiro atoms. The maximum Gasteiger partial charge on any atom is 0.246 e. The molecule has 0 aliphatic carbocycles. The van der Waals surface area contributed by atoms with E-state index in [0.29, 0.717) is 18.6 Å². The molecule has 1 aliphatic rings. The number of carbonyl (C=O) groups is 1. The summed E-state index contributed by atoms with van der Waals surface area (Å²) in [7, 11) is -0.825. The van der Waals surface area contributed by atoms with Crippen molar-refractivity contribution in [1.29, 1.82) is 0 Å². The highest BCUT2D eigenvalue weighted by atomic mass is 32.2. The Labute approximate surface area is 130 Å². The zero-order valence-corrected chi connectivity index (χ0v) is 13.4. The first-order valence-corrected chi connectivity index (χ1v) is 8.35. The van der Waals surface area contributed by atoms with Gasteiger partial charge in [-0.05, 0) is 25.0 Å². The molecule has 0 bridgehead atoms. The second-order valence-electron chi connectivity index (χ2n) is 5.10. The number of carbonyl (C=O) groups excluding carboxylic acids is 1. The van der Waals surface area contributed by atoms with Crippen molar-refractivity contribution in [2.75, 3.05) is 27.3 Å². The van der Waals surface area contributed by atoms with Gasteiger partial charge in [0.05, 0.1) is 14.2 Å². The standard InChI is InChI=1S/C14H20N2O5S/c1-20-11-3-4-12(21-2)13(9-11)22(18,19)16-7-5-10(6-8-16)14(15)17/h3-4,9-10H,5-8H2,1-2H3,(H2,15,17). The fourth-order valence-electron chi connectivity index (χ4n) is 2.51. The summed E-state index contributed by atoms with van der Waals surface area (Å²) < 4.78 is 37.2. The van der Waals surface area contributed by atoms with Crippen LogP contribution >= 0.6 is 0 Å². The first kappa shape index (κ1) is 16.6. The van der Waals surface area contributed by atoms with Crippen LogP contribution in [-0.4, -0.2) is 45.9 Å². The Morgan fingerprint density at radius 1 is 1.23 bits per heavy atom. The van der Waals surface area contributed by atoms with Crippen LogP contribution in [0.4, 0.5) is 0 Å². The molecule has 0 radical (unpaired) electrons. The van der Waals surface area contributed by atoms with Crippen molar-refractivity contribution in [3.8, 4) is 11.5 Å². The summed E-state index contributed by atoms with van der Waals surface area (Å²) in [6, 6.07) is 4.63. The van der Waals surface area contributed by atoms with E-state index in [1.807, 2.05) is 0 Å². The summed E-state index contributed by atoms with van der Waals surface area (Å²) in [5.41, 5.74) is 5.27. The Morgan fingerprint density at radius 3 is 2.36 bits per heavy atom. The Hall–Kier alpha value is -1.80. The number of hydrogen-bond donors (Lipinski definition) is 1. The molecule has 0 saturated carbocycles. The average molecular weight is 328 g/mol. The number of nitrogens with zero attached hydrogens (tertiary/aromatic N) is 1. The van der Waals surface area contributed by atoms with E-state index in [1.165, 1.54) is 24.6 Å². The van der Waals surface area contributed by atoms with Gasteiger partial charge in [0, 0.05) is 25.1 Å². The molecule has 1 fully saturated rings. The summed E-state index contributed by atoms with van der Waals surface area (Å²) in [6.07, 6.45) is 0.863. The number of sulfonamides is 1. The molecule has 0 unspecified atom stereocenters. The Balaban J connectivity index is 2.29. The first-order valence-electron chi connectivity index (χ1n) is 6.91. The SMILES string of the molecule is COc1ccc(OC)c(S(=O)(=O)N2CCC(C(N)=O)CC2)c1. The lowest BCUT2D eigenvalue weighted by Gasteiger charge is -2.30. The number of nitrogens with two attached hydrogens (primary N) is 1. The number of benzene rings is 1. The Bertz CT molecular complexity index is 651. The van der Waals surface area contributed by atoms with Gasteiger partial charge in [-0.25, -0.2) is 8.42 Å².